The summed E-state index contributed by atoms with van der Waals surface area (Å²) in [5.74, 6) is 4.37. The average molecular weight is 264 g/mol. The first-order chi connectivity index (χ1) is 9.33. The maximum absolute atomic E-state index is 3.91. The summed E-state index contributed by atoms with van der Waals surface area (Å²) in [5.41, 5.74) is 0. The molecule has 0 aromatic carbocycles. The minimum Gasteiger partial charge on any atom is -0.312 e. The predicted octanol–water partition coefficient (Wildman–Crippen LogP) is 3.13. The van der Waals surface area contributed by atoms with Crippen LogP contribution in [0.5, 0.6) is 0 Å². The first-order valence-electron chi connectivity index (χ1n) is 8.79. The third kappa shape index (κ3) is 2.71. The van der Waals surface area contributed by atoms with Gasteiger partial charge in [-0.15, -0.1) is 0 Å². The van der Waals surface area contributed by atoms with E-state index in [1.165, 1.54) is 45.4 Å². The Morgan fingerprint density at radius 3 is 2.63 bits per heavy atom. The molecule has 110 valence electrons. The van der Waals surface area contributed by atoms with Gasteiger partial charge in [0, 0.05) is 19.1 Å². The molecular weight excluding hydrogens is 232 g/mol. The number of fused-ring (bicyclic) bond motifs is 5. The van der Waals surface area contributed by atoms with Crippen LogP contribution in [0.4, 0.5) is 0 Å². The molecule has 3 aliphatic rings. The topological polar surface area (TPSA) is 15.3 Å². The molecule has 5 atom stereocenters. The molecule has 0 aromatic rings. The molecule has 3 aliphatic carbocycles. The van der Waals surface area contributed by atoms with Crippen LogP contribution in [0.2, 0.25) is 0 Å². The van der Waals surface area contributed by atoms with Crippen LogP contribution in [0, 0.1) is 23.7 Å². The van der Waals surface area contributed by atoms with E-state index in [1.54, 1.807) is 19.3 Å². The van der Waals surface area contributed by atoms with E-state index in [2.05, 4.69) is 24.1 Å². The minimum atomic E-state index is 0.865. The van der Waals surface area contributed by atoms with Crippen molar-refractivity contribution in [3.63, 3.8) is 0 Å². The summed E-state index contributed by atoms with van der Waals surface area (Å²) in [6.07, 6.45) is 8.95. The van der Waals surface area contributed by atoms with Gasteiger partial charge in [-0.1, -0.05) is 20.3 Å². The Hall–Kier alpha value is -0.0800. The number of nitrogens with one attached hydrogen (secondary N) is 1. The van der Waals surface area contributed by atoms with Gasteiger partial charge in [0.2, 0.25) is 0 Å². The van der Waals surface area contributed by atoms with Crippen molar-refractivity contribution in [3.8, 4) is 0 Å². The van der Waals surface area contributed by atoms with Crippen LogP contribution in [0.15, 0.2) is 0 Å². The Morgan fingerprint density at radius 1 is 1.00 bits per heavy atom. The number of hydrogen-bond acceptors (Lipinski definition) is 2. The van der Waals surface area contributed by atoms with Crippen molar-refractivity contribution in [1.29, 1.82) is 0 Å². The smallest absolute Gasteiger partial charge is 0.0107 e. The van der Waals surface area contributed by atoms with E-state index in [-0.39, 0.29) is 0 Å². The van der Waals surface area contributed by atoms with Gasteiger partial charge in [-0.2, -0.15) is 0 Å². The molecule has 0 amide bonds. The van der Waals surface area contributed by atoms with Crippen LogP contribution in [0.25, 0.3) is 0 Å². The van der Waals surface area contributed by atoms with Crippen molar-refractivity contribution in [2.45, 2.75) is 58.4 Å². The lowest BCUT2D eigenvalue weighted by Gasteiger charge is -2.32. The molecule has 0 aliphatic heterocycles. The SMILES string of the molecule is CCCN(CC)CCNC1CC2CC1C1CCCC21. The molecule has 0 radical (unpaired) electrons. The van der Waals surface area contributed by atoms with Gasteiger partial charge >= 0.3 is 0 Å². The summed E-state index contributed by atoms with van der Waals surface area (Å²) in [6, 6.07) is 0.865. The Morgan fingerprint density at radius 2 is 1.84 bits per heavy atom. The van der Waals surface area contributed by atoms with Crippen LogP contribution in [-0.4, -0.2) is 37.1 Å². The molecular formula is C17H32N2. The van der Waals surface area contributed by atoms with Crippen LogP contribution in [0.1, 0.15) is 52.4 Å². The summed E-state index contributed by atoms with van der Waals surface area (Å²) >= 11 is 0. The predicted molar refractivity (Wildman–Crippen MR) is 81.2 cm³/mol. The number of hydrogen-bond donors (Lipinski definition) is 1. The summed E-state index contributed by atoms with van der Waals surface area (Å²) in [5, 5.41) is 3.91. The molecule has 0 aromatic heterocycles. The number of rotatable bonds is 7. The fourth-order valence-electron chi connectivity index (χ4n) is 5.46. The van der Waals surface area contributed by atoms with Crippen LogP contribution in [0.3, 0.4) is 0 Å². The number of likely N-dealkylation sites (N-methyl/N-ethyl adjacent to an activating group) is 1. The fourth-order valence-corrected chi connectivity index (χ4v) is 5.46. The molecule has 3 saturated carbocycles. The molecule has 3 rings (SSSR count). The lowest BCUT2D eigenvalue weighted by Crippen LogP contribution is -2.42. The standard InChI is InChI=1S/C17H32N2/c1-3-9-19(4-2)10-8-18-17-12-13-11-16(17)15-7-5-6-14(13)15/h13-18H,3-12H2,1-2H3. The van der Waals surface area contributed by atoms with Crippen LogP contribution in [-0.2, 0) is 0 Å². The van der Waals surface area contributed by atoms with Gasteiger partial charge in [0.15, 0.2) is 0 Å². The van der Waals surface area contributed by atoms with E-state index in [1.807, 2.05) is 0 Å². The summed E-state index contributed by atoms with van der Waals surface area (Å²) in [6.45, 7) is 9.49. The third-order valence-corrected chi connectivity index (χ3v) is 6.25. The van der Waals surface area contributed by atoms with E-state index < -0.39 is 0 Å². The zero-order chi connectivity index (χ0) is 13.2. The Balaban J connectivity index is 1.42. The van der Waals surface area contributed by atoms with Gasteiger partial charge in [0.05, 0.1) is 0 Å². The summed E-state index contributed by atoms with van der Waals surface area (Å²) < 4.78 is 0. The molecule has 5 unspecified atom stereocenters. The lowest BCUT2D eigenvalue weighted by molar-refractivity contribution is 0.200. The lowest BCUT2D eigenvalue weighted by atomic mass is 9.79. The Bertz CT molecular complexity index is 291. The monoisotopic (exact) mass is 264 g/mol. The highest BCUT2D eigenvalue weighted by atomic mass is 15.1. The minimum absolute atomic E-state index is 0.865. The van der Waals surface area contributed by atoms with E-state index >= 15 is 0 Å². The van der Waals surface area contributed by atoms with Crippen LogP contribution >= 0.6 is 0 Å². The highest BCUT2D eigenvalue weighted by Crippen LogP contribution is 2.58. The molecule has 1 N–H and O–H groups in total. The highest BCUT2D eigenvalue weighted by molar-refractivity contribution is 5.05. The normalized spacial score (nSPS) is 40.3. The van der Waals surface area contributed by atoms with Gasteiger partial charge in [0.1, 0.15) is 0 Å². The highest BCUT2D eigenvalue weighted by Gasteiger charge is 2.53. The second-order valence-corrected chi connectivity index (χ2v) is 7.15. The van der Waals surface area contributed by atoms with E-state index in [9.17, 15) is 0 Å². The van der Waals surface area contributed by atoms with Crippen molar-refractivity contribution >= 4 is 0 Å². The average Bonchev–Trinajstić information content (AvgIpc) is 3.09. The van der Waals surface area contributed by atoms with Crippen molar-refractivity contribution in [1.82, 2.24) is 10.2 Å². The Labute approximate surface area is 119 Å². The largest absolute Gasteiger partial charge is 0.312 e. The summed E-state index contributed by atoms with van der Waals surface area (Å²) in [4.78, 5) is 2.58. The maximum Gasteiger partial charge on any atom is 0.0107 e. The van der Waals surface area contributed by atoms with Gasteiger partial charge in [-0.25, -0.2) is 0 Å². The molecule has 0 saturated heterocycles. The summed E-state index contributed by atoms with van der Waals surface area (Å²) in [7, 11) is 0. The van der Waals surface area contributed by atoms with Gasteiger partial charge < -0.3 is 10.2 Å². The zero-order valence-electron chi connectivity index (χ0n) is 12.9. The van der Waals surface area contributed by atoms with Crippen molar-refractivity contribution < 1.29 is 0 Å². The van der Waals surface area contributed by atoms with E-state index in [0.29, 0.717) is 0 Å². The molecule has 3 fully saturated rings. The molecule has 19 heavy (non-hydrogen) atoms. The third-order valence-electron chi connectivity index (χ3n) is 6.25. The van der Waals surface area contributed by atoms with E-state index in [4.69, 9.17) is 0 Å². The molecule has 2 bridgehead atoms. The molecule has 2 heteroatoms. The van der Waals surface area contributed by atoms with E-state index in [0.717, 1.165) is 29.7 Å². The maximum atomic E-state index is 3.91. The molecule has 2 nitrogen and oxygen atoms in total. The number of nitrogens with zero attached hydrogens (tertiary/aromatic N) is 1. The van der Waals surface area contributed by atoms with Gasteiger partial charge in [-0.05, 0) is 68.9 Å². The van der Waals surface area contributed by atoms with Gasteiger partial charge in [-0.3, -0.25) is 0 Å². The van der Waals surface area contributed by atoms with Crippen molar-refractivity contribution in [2.24, 2.45) is 23.7 Å². The van der Waals surface area contributed by atoms with Crippen molar-refractivity contribution in [2.75, 3.05) is 26.2 Å². The van der Waals surface area contributed by atoms with Gasteiger partial charge in [0.25, 0.3) is 0 Å². The first-order valence-corrected chi connectivity index (χ1v) is 8.79. The van der Waals surface area contributed by atoms with Crippen molar-refractivity contribution in [3.05, 3.63) is 0 Å². The zero-order valence-corrected chi connectivity index (χ0v) is 12.9. The molecule has 0 spiro atoms. The van der Waals surface area contributed by atoms with Crippen LogP contribution < -0.4 is 5.32 Å². The Kier molecular flexibility index (Phi) is 4.48. The second-order valence-electron chi connectivity index (χ2n) is 7.15. The second kappa shape index (κ2) is 6.13. The quantitative estimate of drug-likeness (QED) is 0.760. The molecule has 0 heterocycles. The first kappa shape index (κ1) is 13.9. The fraction of sp³-hybridized carbons (Fsp3) is 1.00.